The second-order valence-electron chi connectivity index (χ2n) is 6.76. The number of anilines is 1. The lowest BCUT2D eigenvalue weighted by Crippen LogP contribution is -2.44. The summed E-state index contributed by atoms with van der Waals surface area (Å²) in [6.45, 7) is 2.46. The van der Waals surface area contributed by atoms with E-state index < -0.39 is 0 Å². The second kappa shape index (κ2) is 9.46. The van der Waals surface area contributed by atoms with Gasteiger partial charge in [-0.1, -0.05) is 29.8 Å². The fourth-order valence-electron chi connectivity index (χ4n) is 3.33. The van der Waals surface area contributed by atoms with Crippen molar-refractivity contribution < 1.29 is 4.79 Å². The zero-order chi connectivity index (χ0) is 19.9. The Morgan fingerprint density at radius 1 is 1.25 bits per heavy atom. The van der Waals surface area contributed by atoms with Gasteiger partial charge in [-0.25, -0.2) is 0 Å². The van der Waals surface area contributed by atoms with E-state index in [9.17, 15) is 4.79 Å². The minimum absolute atomic E-state index is 0.0866. The van der Waals surface area contributed by atoms with E-state index in [-0.39, 0.29) is 5.91 Å². The van der Waals surface area contributed by atoms with Gasteiger partial charge in [0.1, 0.15) is 0 Å². The average Bonchev–Trinajstić information content (AvgIpc) is 3.19. The van der Waals surface area contributed by atoms with Gasteiger partial charge in [0.05, 0.1) is 0 Å². The van der Waals surface area contributed by atoms with Gasteiger partial charge in [0.15, 0.2) is 5.96 Å². The molecule has 0 aliphatic carbocycles. The van der Waals surface area contributed by atoms with E-state index in [2.05, 4.69) is 31.9 Å². The number of nitrogens with zero attached hydrogens (tertiary/aromatic N) is 2. The van der Waals surface area contributed by atoms with Gasteiger partial charge in [0.25, 0.3) is 5.91 Å². The summed E-state index contributed by atoms with van der Waals surface area (Å²) < 4.78 is 0. The molecule has 1 saturated heterocycles. The zero-order valence-electron chi connectivity index (χ0n) is 16.2. The number of carbonyl (C=O) groups is 1. The Bertz CT molecular complexity index is 854. The monoisotopic (exact) mass is 399 g/mol. The molecule has 0 radical (unpaired) electrons. The summed E-state index contributed by atoms with van der Waals surface area (Å²) in [5.74, 6) is 0.666. The lowest BCUT2D eigenvalue weighted by molar-refractivity contribution is 0.0963. The maximum atomic E-state index is 11.8. The highest BCUT2D eigenvalue weighted by atomic mass is 35.5. The number of halogens is 1. The minimum atomic E-state index is -0.0866. The van der Waals surface area contributed by atoms with Crippen LogP contribution in [0.1, 0.15) is 22.3 Å². The minimum Gasteiger partial charge on any atom is -0.369 e. The van der Waals surface area contributed by atoms with E-state index >= 15 is 0 Å². The van der Waals surface area contributed by atoms with Gasteiger partial charge in [0, 0.05) is 56.0 Å². The fraction of sp³-hybridized carbons (Fsp3) is 0.333. The van der Waals surface area contributed by atoms with Crippen LogP contribution in [0.3, 0.4) is 0 Å². The molecule has 6 nitrogen and oxygen atoms in total. The van der Waals surface area contributed by atoms with Crippen molar-refractivity contribution in [2.24, 2.45) is 4.99 Å². The van der Waals surface area contributed by atoms with Crippen molar-refractivity contribution in [2.75, 3.05) is 32.1 Å². The first-order valence-corrected chi connectivity index (χ1v) is 9.75. The van der Waals surface area contributed by atoms with Crippen molar-refractivity contribution in [2.45, 2.75) is 19.0 Å². The summed E-state index contributed by atoms with van der Waals surface area (Å²) in [4.78, 5) is 18.4. The highest BCUT2D eigenvalue weighted by molar-refractivity contribution is 6.30. The Morgan fingerprint density at radius 2 is 2.07 bits per heavy atom. The summed E-state index contributed by atoms with van der Waals surface area (Å²) in [6, 6.07) is 15.8. The molecule has 1 unspecified atom stereocenters. The highest BCUT2D eigenvalue weighted by Crippen LogP contribution is 2.23. The lowest BCUT2D eigenvalue weighted by Gasteiger charge is -2.20. The molecule has 0 aromatic heterocycles. The highest BCUT2D eigenvalue weighted by Gasteiger charge is 2.23. The number of aliphatic imine (C=N–C) groups is 1. The molecule has 1 atom stereocenters. The van der Waals surface area contributed by atoms with Crippen molar-refractivity contribution in [3.63, 3.8) is 0 Å². The van der Waals surface area contributed by atoms with E-state index in [0.717, 1.165) is 41.7 Å². The molecule has 0 bridgehead atoms. The first kappa shape index (κ1) is 20.0. The number of hydrogen-bond donors (Lipinski definition) is 3. The number of nitrogens with one attached hydrogen (secondary N) is 3. The van der Waals surface area contributed by atoms with Gasteiger partial charge in [-0.05, 0) is 42.3 Å². The number of rotatable bonds is 5. The Labute approximate surface area is 171 Å². The normalized spacial score (nSPS) is 16.8. The van der Waals surface area contributed by atoms with E-state index in [0.29, 0.717) is 18.2 Å². The summed E-state index contributed by atoms with van der Waals surface area (Å²) in [7, 11) is 3.40. The Balaban J connectivity index is 1.53. The molecular weight excluding hydrogens is 374 g/mol. The van der Waals surface area contributed by atoms with Crippen LogP contribution < -0.4 is 20.9 Å². The Hall–Kier alpha value is -2.73. The van der Waals surface area contributed by atoms with Crippen molar-refractivity contribution in [1.82, 2.24) is 16.0 Å². The SMILES string of the molecule is CN=C(NCc1cccc(C(=O)NC)c1)NC1CCN(c2cccc(Cl)c2)C1. The average molecular weight is 400 g/mol. The second-order valence-corrected chi connectivity index (χ2v) is 7.20. The van der Waals surface area contributed by atoms with Crippen LogP contribution in [0.4, 0.5) is 5.69 Å². The molecule has 1 aliphatic rings. The number of benzene rings is 2. The van der Waals surface area contributed by atoms with E-state index in [1.807, 2.05) is 36.4 Å². The first-order chi connectivity index (χ1) is 13.6. The van der Waals surface area contributed by atoms with Crippen molar-refractivity contribution in [3.8, 4) is 0 Å². The van der Waals surface area contributed by atoms with Gasteiger partial charge < -0.3 is 20.9 Å². The molecule has 3 rings (SSSR count). The topological polar surface area (TPSA) is 68.8 Å². The molecule has 2 aromatic rings. The van der Waals surface area contributed by atoms with Crippen molar-refractivity contribution in [1.29, 1.82) is 0 Å². The number of guanidine groups is 1. The number of amides is 1. The van der Waals surface area contributed by atoms with Gasteiger partial charge in [-0.2, -0.15) is 0 Å². The Morgan fingerprint density at radius 3 is 2.82 bits per heavy atom. The maximum Gasteiger partial charge on any atom is 0.251 e. The van der Waals surface area contributed by atoms with Gasteiger partial charge in [-0.3, -0.25) is 9.79 Å². The van der Waals surface area contributed by atoms with Crippen LogP contribution in [0.5, 0.6) is 0 Å². The molecule has 1 amide bonds. The largest absolute Gasteiger partial charge is 0.369 e. The van der Waals surface area contributed by atoms with Crippen LogP contribution in [0.25, 0.3) is 0 Å². The molecular formula is C21H26ClN5O. The van der Waals surface area contributed by atoms with Crippen LogP contribution in [0.2, 0.25) is 5.02 Å². The van der Waals surface area contributed by atoms with Gasteiger partial charge >= 0.3 is 0 Å². The van der Waals surface area contributed by atoms with Crippen LogP contribution in [0, 0.1) is 0 Å². The summed E-state index contributed by atoms with van der Waals surface area (Å²) in [6.07, 6.45) is 1.03. The number of carbonyl (C=O) groups excluding carboxylic acids is 1. The molecule has 0 saturated carbocycles. The summed E-state index contributed by atoms with van der Waals surface area (Å²) in [5.41, 5.74) is 2.82. The standard InChI is InChI=1S/C21H26ClN5O/c1-23-20(28)16-6-3-5-15(11-16)13-25-21(24-2)26-18-9-10-27(14-18)19-8-4-7-17(22)12-19/h3-8,11-12,18H,9-10,13-14H2,1-2H3,(H,23,28)(H2,24,25,26). The maximum absolute atomic E-state index is 11.8. The van der Waals surface area contributed by atoms with Crippen molar-refractivity contribution >= 4 is 29.2 Å². The molecule has 1 aliphatic heterocycles. The summed E-state index contributed by atoms with van der Waals surface area (Å²) >= 11 is 6.11. The third-order valence-corrected chi connectivity index (χ3v) is 5.04. The first-order valence-electron chi connectivity index (χ1n) is 9.38. The van der Waals surface area contributed by atoms with E-state index in [1.165, 1.54) is 0 Å². The lowest BCUT2D eigenvalue weighted by atomic mass is 10.1. The predicted octanol–water partition coefficient (Wildman–Crippen LogP) is 2.64. The fourth-order valence-corrected chi connectivity index (χ4v) is 3.51. The smallest absolute Gasteiger partial charge is 0.251 e. The van der Waals surface area contributed by atoms with E-state index in [4.69, 9.17) is 11.6 Å². The van der Waals surface area contributed by atoms with Crippen LogP contribution in [-0.2, 0) is 6.54 Å². The quantitative estimate of drug-likeness (QED) is 0.534. The van der Waals surface area contributed by atoms with Crippen LogP contribution >= 0.6 is 11.6 Å². The van der Waals surface area contributed by atoms with Crippen LogP contribution in [-0.4, -0.2) is 45.1 Å². The predicted molar refractivity (Wildman–Crippen MR) is 115 cm³/mol. The third-order valence-electron chi connectivity index (χ3n) is 4.80. The third kappa shape index (κ3) is 5.16. The molecule has 28 heavy (non-hydrogen) atoms. The van der Waals surface area contributed by atoms with Crippen LogP contribution in [0.15, 0.2) is 53.5 Å². The number of hydrogen-bond acceptors (Lipinski definition) is 3. The van der Waals surface area contributed by atoms with Crippen molar-refractivity contribution in [3.05, 3.63) is 64.7 Å². The molecule has 148 valence electrons. The van der Waals surface area contributed by atoms with E-state index in [1.54, 1.807) is 20.2 Å². The summed E-state index contributed by atoms with van der Waals surface area (Å²) in [5, 5.41) is 10.2. The Kier molecular flexibility index (Phi) is 6.76. The molecule has 1 heterocycles. The molecule has 7 heteroatoms. The molecule has 1 fully saturated rings. The molecule has 2 aromatic carbocycles. The molecule has 3 N–H and O–H groups in total. The van der Waals surface area contributed by atoms with Gasteiger partial charge in [0.2, 0.25) is 0 Å². The zero-order valence-corrected chi connectivity index (χ0v) is 17.0. The molecule has 0 spiro atoms. The van der Waals surface area contributed by atoms with Gasteiger partial charge in [-0.15, -0.1) is 0 Å².